The number of sulfone groups is 1. The maximum absolute atomic E-state index is 14.3. The third-order valence-electron chi connectivity index (χ3n) is 6.34. The second kappa shape index (κ2) is 6.08. The van der Waals surface area contributed by atoms with Gasteiger partial charge in [0, 0.05) is 37.8 Å². The van der Waals surface area contributed by atoms with Crippen molar-refractivity contribution in [3.8, 4) is 0 Å². The Labute approximate surface area is 162 Å². The van der Waals surface area contributed by atoms with Crippen LogP contribution in [-0.4, -0.2) is 50.3 Å². The SMILES string of the molecule is CCOC(=O)C[C@@H]1[C@H]2CN(c3nc(S(C)(=O)=O)nc4c3CCC4(F)F)C[C@@]12C. The monoisotopic (exact) mass is 415 g/mol. The molecular weight excluding hydrogens is 392 g/mol. The molecule has 28 heavy (non-hydrogen) atoms. The van der Waals surface area contributed by atoms with Gasteiger partial charge in [0.1, 0.15) is 11.5 Å². The molecule has 3 atom stereocenters. The van der Waals surface area contributed by atoms with Crippen molar-refractivity contribution in [2.75, 3.05) is 30.9 Å². The first-order valence-electron chi connectivity index (χ1n) is 9.37. The number of esters is 1. The standard InChI is InChI=1S/C18H23F2N3O4S/c1-4-27-13(24)7-11-12-8-23(9-17(11,12)2)15-10-5-6-18(19,20)14(10)21-16(22-15)28(3,25)26/h11-12H,4-9H2,1-3H3/t11-,12-,17+/m1/s1. The first kappa shape index (κ1) is 19.5. The van der Waals surface area contributed by atoms with Gasteiger partial charge >= 0.3 is 5.97 Å². The summed E-state index contributed by atoms with van der Waals surface area (Å²) >= 11 is 0. The maximum atomic E-state index is 14.3. The van der Waals surface area contributed by atoms with Crippen molar-refractivity contribution in [3.05, 3.63) is 11.3 Å². The molecule has 7 nitrogen and oxygen atoms in total. The molecule has 1 aromatic rings. The molecule has 0 bridgehead atoms. The highest BCUT2D eigenvalue weighted by molar-refractivity contribution is 7.90. The van der Waals surface area contributed by atoms with Crippen LogP contribution in [0.3, 0.4) is 0 Å². The number of hydrogen-bond donors (Lipinski definition) is 0. The van der Waals surface area contributed by atoms with Gasteiger partial charge in [0.15, 0.2) is 0 Å². The zero-order valence-corrected chi connectivity index (χ0v) is 16.9. The Morgan fingerprint density at radius 2 is 2.07 bits per heavy atom. The van der Waals surface area contributed by atoms with E-state index in [1.807, 2.05) is 4.90 Å². The highest BCUT2D eigenvalue weighted by atomic mass is 32.2. The fraction of sp³-hybridized carbons (Fsp3) is 0.722. The summed E-state index contributed by atoms with van der Waals surface area (Å²) in [5.41, 5.74) is -0.257. The Kier molecular flexibility index (Phi) is 4.23. The lowest BCUT2D eigenvalue weighted by atomic mass is 10.0. The molecule has 3 aliphatic rings. The van der Waals surface area contributed by atoms with E-state index in [0.29, 0.717) is 37.5 Å². The fourth-order valence-electron chi connectivity index (χ4n) is 4.80. The normalized spacial score (nSPS) is 30.1. The van der Waals surface area contributed by atoms with Gasteiger partial charge in [-0.25, -0.2) is 18.4 Å². The van der Waals surface area contributed by atoms with Crippen LogP contribution in [0.2, 0.25) is 0 Å². The van der Waals surface area contributed by atoms with E-state index in [4.69, 9.17) is 4.74 Å². The largest absolute Gasteiger partial charge is 0.466 e. The lowest BCUT2D eigenvalue weighted by molar-refractivity contribution is -0.143. The first-order chi connectivity index (χ1) is 13.0. The predicted octanol–water partition coefficient (Wildman–Crippen LogP) is 1.94. The number of aromatic nitrogens is 2. The fourth-order valence-corrected chi connectivity index (χ4v) is 5.31. The van der Waals surface area contributed by atoms with Gasteiger partial charge in [0.05, 0.1) is 6.61 Å². The minimum atomic E-state index is -3.82. The minimum Gasteiger partial charge on any atom is -0.466 e. The topological polar surface area (TPSA) is 89.5 Å². The van der Waals surface area contributed by atoms with Gasteiger partial charge in [-0.1, -0.05) is 6.92 Å². The van der Waals surface area contributed by atoms with E-state index in [1.54, 1.807) is 6.92 Å². The predicted molar refractivity (Wildman–Crippen MR) is 95.9 cm³/mol. The molecule has 2 fully saturated rings. The van der Waals surface area contributed by atoms with Crippen molar-refractivity contribution in [2.45, 2.75) is 44.2 Å². The summed E-state index contributed by atoms with van der Waals surface area (Å²) in [7, 11) is -3.82. The van der Waals surface area contributed by atoms with Crippen molar-refractivity contribution in [1.82, 2.24) is 9.97 Å². The van der Waals surface area contributed by atoms with Crippen molar-refractivity contribution in [1.29, 1.82) is 0 Å². The zero-order chi connectivity index (χ0) is 20.5. The molecular formula is C18H23F2N3O4S. The Morgan fingerprint density at radius 3 is 2.64 bits per heavy atom. The molecule has 0 spiro atoms. The molecule has 0 amide bonds. The van der Waals surface area contributed by atoms with Gasteiger partial charge in [-0.15, -0.1) is 0 Å². The smallest absolute Gasteiger partial charge is 0.306 e. The van der Waals surface area contributed by atoms with E-state index in [1.165, 1.54) is 0 Å². The van der Waals surface area contributed by atoms with E-state index in [0.717, 1.165) is 6.26 Å². The number of anilines is 1. The van der Waals surface area contributed by atoms with E-state index < -0.39 is 33.0 Å². The molecule has 2 heterocycles. The van der Waals surface area contributed by atoms with Crippen LogP contribution in [0.5, 0.6) is 0 Å². The minimum absolute atomic E-state index is 0.117. The van der Waals surface area contributed by atoms with Crippen LogP contribution in [0.1, 0.15) is 37.9 Å². The number of rotatable bonds is 5. The average molecular weight is 415 g/mol. The summed E-state index contributed by atoms with van der Waals surface area (Å²) in [6, 6.07) is 0. The molecule has 0 N–H and O–H groups in total. The van der Waals surface area contributed by atoms with Crippen LogP contribution < -0.4 is 4.90 Å². The van der Waals surface area contributed by atoms with Crippen LogP contribution in [-0.2, 0) is 31.7 Å². The first-order valence-corrected chi connectivity index (χ1v) is 11.3. The zero-order valence-electron chi connectivity index (χ0n) is 16.0. The van der Waals surface area contributed by atoms with E-state index >= 15 is 0 Å². The Hall–Kier alpha value is -1.84. The summed E-state index contributed by atoms with van der Waals surface area (Å²) < 4.78 is 57.4. The lowest BCUT2D eigenvalue weighted by Crippen LogP contribution is -2.30. The average Bonchev–Trinajstić information content (AvgIpc) is 2.88. The van der Waals surface area contributed by atoms with Crippen molar-refractivity contribution < 1.29 is 26.7 Å². The number of nitrogens with zero attached hydrogens (tertiary/aromatic N) is 3. The molecule has 1 saturated heterocycles. The van der Waals surface area contributed by atoms with Crippen molar-refractivity contribution in [2.24, 2.45) is 17.3 Å². The second-order valence-corrected chi connectivity index (χ2v) is 10.2. The molecule has 1 saturated carbocycles. The van der Waals surface area contributed by atoms with Crippen LogP contribution in [0, 0.1) is 17.3 Å². The number of carbonyl (C=O) groups is 1. The quantitative estimate of drug-likeness (QED) is 0.536. The molecule has 2 aliphatic carbocycles. The number of piperidine rings is 1. The molecule has 10 heteroatoms. The summed E-state index contributed by atoms with van der Waals surface area (Å²) in [5, 5.41) is -0.559. The highest BCUT2D eigenvalue weighted by Crippen LogP contribution is 2.65. The molecule has 1 aliphatic heterocycles. The number of alkyl halides is 2. The number of carbonyl (C=O) groups excluding carboxylic acids is 1. The Morgan fingerprint density at radius 1 is 1.36 bits per heavy atom. The molecule has 1 aromatic heterocycles. The Bertz CT molecular complexity index is 952. The number of ether oxygens (including phenoxy) is 1. The van der Waals surface area contributed by atoms with Crippen molar-refractivity contribution in [3.63, 3.8) is 0 Å². The van der Waals surface area contributed by atoms with Crippen LogP contribution in [0.15, 0.2) is 5.16 Å². The number of fused-ring (bicyclic) bond motifs is 2. The summed E-state index contributed by atoms with van der Waals surface area (Å²) in [6.07, 6.45) is 0.990. The van der Waals surface area contributed by atoms with E-state index in [2.05, 4.69) is 16.9 Å². The maximum Gasteiger partial charge on any atom is 0.306 e. The van der Waals surface area contributed by atoms with E-state index in [9.17, 15) is 22.0 Å². The van der Waals surface area contributed by atoms with Crippen LogP contribution in [0.25, 0.3) is 0 Å². The van der Waals surface area contributed by atoms with Gasteiger partial charge in [-0.3, -0.25) is 4.79 Å². The third kappa shape index (κ3) is 2.96. The lowest BCUT2D eigenvalue weighted by Gasteiger charge is -2.25. The Balaban J connectivity index is 1.62. The van der Waals surface area contributed by atoms with Crippen LogP contribution >= 0.6 is 0 Å². The van der Waals surface area contributed by atoms with E-state index in [-0.39, 0.29) is 29.6 Å². The number of hydrogen-bond acceptors (Lipinski definition) is 7. The third-order valence-corrected chi connectivity index (χ3v) is 7.19. The highest BCUT2D eigenvalue weighted by Gasteiger charge is 2.66. The van der Waals surface area contributed by atoms with Gasteiger partial charge in [0.25, 0.3) is 5.92 Å². The summed E-state index contributed by atoms with van der Waals surface area (Å²) in [4.78, 5) is 21.5. The van der Waals surface area contributed by atoms with Gasteiger partial charge in [-0.2, -0.15) is 8.78 Å². The second-order valence-electron chi connectivity index (χ2n) is 8.24. The molecule has 4 rings (SSSR count). The summed E-state index contributed by atoms with van der Waals surface area (Å²) in [5.74, 6) is -2.66. The van der Waals surface area contributed by atoms with Gasteiger partial charge in [0.2, 0.25) is 15.0 Å². The summed E-state index contributed by atoms with van der Waals surface area (Å²) in [6.45, 7) is 5.27. The molecule has 0 aromatic carbocycles. The number of halogens is 2. The molecule has 154 valence electrons. The molecule has 0 radical (unpaired) electrons. The van der Waals surface area contributed by atoms with Crippen molar-refractivity contribution >= 4 is 21.6 Å². The van der Waals surface area contributed by atoms with Gasteiger partial charge < -0.3 is 9.64 Å². The van der Waals surface area contributed by atoms with Gasteiger partial charge in [-0.05, 0) is 30.6 Å². The van der Waals surface area contributed by atoms with Crippen LogP contribution in [0.4, 0.5) is 14.6 Å². The molecule has 0 unspecified atom stereocenters.